The van der Waals surface area contributed by atoms with Gasteiger partial charge in [0.1, 0.15) is 0 Å². The van der Waals surface area contributed by atoms with Crippen LogP contribution in [-0.4, -0.2) is 23.1 Å². The zero-order valence-electron chi connectivity index (χ0n) is 14.0. The Labute approximate surface area is 138 Å². The number of unbranched alkanes of at least 4 members (excludes halogenated alkanes) is 1. The first-order valence-electron chi connectivity index (χ1n) is 8.23. The summed E-state index contributed by atoms with van der Waals surface area (Å²) in [5, 5.41) is 3.26. The molecule has 124 valence electrons. The molecule has 1 heterocycles. The van der Waals surface area contributed by atoms with Crippen LogP contribution in [0, 0.1) is 6.92 Å². The Morgan fingerprint density at radius 3 is 2.70 bits per heavy atom. The maximum Gasteiger partial charge on any atom is 0.222 e. The summed E-state index contributed by atoms with van der Waals surface area (Å²) in [5.41, 5.74) is 8.27. The van der Waals surface area contributed by atoms with Crippen LogP contribution in [0.2, 0.25) is 0 Å². The van der Waals surface area contributed by atoms with Gasteiger partial charge >= 0.3 is 0 Å². The summed E-state index contributed by atoms with van der Waals surface area (Å²) in [6.07, 6.45) is 5.79. The molecule has 0 saturated heterocycles. The van der Waals surface area contributed by atoms with E-state index < -0.39 is 0 Å². The smallest absolute Gasteiger partial charge is 0.222 e. The lowest BCUT2D eigenvalue weighted by atomic mass is 10.1. The summed E-state index contributed by atoms with van der Waals surface area (Å²) in [6, 6.07) is 8.61. The summed E-state index contributed by atoms with van der Waals surface area (Å²) in [4.78, 5) is 8.24. The number of hydrogen-bond acceptors (Lipinski definition) is 5. The van der Waals surface area contributed by atoms with E-state index >= 15 is 0 Å². The van der Waals surface area contributed by atoms with Gasteiger partial charge in [0.15, 0.2) is 11.6 Å². The van der Waals surface area contributed by atoms with Gasteiger partial charge in [0.2, 0.25) is 5.95 Å². The number of rotatable bonds is 9. The maximum atomic E-state index is 5.83. The molecule has 1 aromatic carbocycles. The summed E-state index contributed by atoms with van der Waals surface area (Å²) in [7, 11) is 0. The van der Waals surface area contributed by atoms with E-state index in [-0.39, 0.29) is 5.95 Å². The Balaban J connectivity index is 1.83. The predicted molar refractivity (Wildman–Crippen MR) is 94.8 cm³/mol. The topological polar surface area (TPSA) is 73.1 Å². The minimum Gasteiger partial charge on any atom is -0.488 e. The van der Waals surface area contributed by atoms with Crippen molar-refractivity contribution in [3.8, 4) is 5.75 Å². The molecule has 0 amide bonds. The molecule has 23 heavy (non-hydrogen) atoms. The summed E-state index contributed by atoms with van der Waals surface area (Å²) < 4.78 is 5.83. The summed E-state index contributed by atoms with van der Waals surface area (Å²) in [6.45, 7) is 5.73. The lowest BCUT2D eigenvalue weighted by Crippen LogP contribution is -2.09. The van der Waals surface area contributed by atoms with Crippen LogP contribution in [0.25, 0.3) is 0 Å². The molecule has 0 unspecified atom stereocenters. The van der Waals surface area contributed by atoms with Gasteiger partial charge in [0.25, 0.3) is 0 Å². The standard InChI is InChI=1S/C18H26N4O/c1-3-4-11-20-17-16(13-21-18(19)22-17)23-12-5-6-15-9-7-14(2)8-10-15/h7-10,13H,3-6,11-12H2,1-2H3,(H3,19,20,21,22). The third kappa shape index (κ3) is 5.77. The fourth-order valence-electron chi connectivity index (χ4n) is 2.21. The molecule has 0 aliphatic heterocycles. The summed E-state index contributed by atoms with van der Waals surface area (Å²) in [5.74, 6) is 1.61. The number of nitrogens with zero attached hydrogens (tertiary/aromatic N) is 2. The highest BCUT2D eigenvalue weighted by Gasteiger charge is 2.07. The molecule has 0 bridgehead atoms. The number of aryl methyl sites for hydroxylation is 2. The lowest BCUT2D eigenvalue weighted by molar-refractivity contribution is 0.310. The molecular formula is C18H26N4O. The van der Waals surface area contributed by atoms with E-state index in [1.807, 2.05) is 0 Å². The van der Waals surface area contributed by atoms with Crippen LogP contribution in [0.5, 0.6) is 5.75 Å². The second-order valence-electron chi connectivity index (χ2n) is 5.66. The number of nitrogens with two attached hydrogens (primary N) is 1. The van der Waals surface area contributed by atoms with Crippen molar-refractivity contribution >= 4 is 11.8 Å². The van der Waals surface area contributed by atoms with Crippen LogP contribution in [0.3, 0.4) is 0 Å². The minimum atomic E-state index is 0.260. The first-order chi connectivity index (χ1) is 11.2. The third-order valence-corrected chi connectivity index (χ3v) is 3.58. The van der Waals surface area contributed by atoms with Gasteiger partial charge in [-0.3, -0.25) is 0 Å². The van der Waals surface area contributed by atoms with E-state index in [9.17, 15) is 0 Å². The number of anilines is 2. The molecule has 0 atom stereocenters. The van der Waals surface area contributed by atoms with Crippen molar-refractivity contribution in [1.29, 1.82) is 0 Å². The van der Waals surface area contributed by atoms with Crippen LogP contribution >= 0.6 is 0 Å². The van der Waals surface area contributed by atoms with Crippen molar-refractivity contribution < 1.29 is 4.74 Å². The fraction of sp³-hybridized carbons (Fsp3) is 0.444. The molecule has 0 fully saturated rings. The van der Waals surface area contributed by atoms with Gasteiger partial charge in [0.05, 0.1) is 12.8 Å². The van der Waals surface area contributed by atoms with Gasteiger partial charge in [-0.1, -0.05) is 43.2 Å². The Morgan fingerprint density at radius 1 is 1.17 bits per heavy atom. The van der Waals surface area contributed by atoms with Gasteiger partial charge in [-0.15, -0.1) is 0 Å². The van der Waals surface area contributed by atoms with E-state index in [1.165, 1.54) is 11.1 Å². The van der Waals surface area contributed by atoms with E-state index in [4.69, 9.17) is 10.5 Å². The van der Waals surface area contributed by atoms with Crippen molar-refractivity contribution in [2.24, 2.45) is 0 Å². The van der Waals surface area contributed by atoms with Crippen molar-refractivity contribution in [3.05, 3.63) is 41.6 Å². The summed E-state index contributed by atoms with van der Waals surface area (Å²) >= 11 is 0. The predicted octanol–water partition coefficient (Wildman–Crippen LogP) is 3.59. The van der Waals surface area contributed by atoms with Gasteiger partial charge in [-0.2, -0.15) is 4.98 Å². The molecule has 5 nitrogen and oxygen atoms in total. The van der Waals surface area contributed by atoms with Crippen LogP contribution in [0.4, 0.5) is 11.8 Å². The van der Waals surface area contributed by atoms with Crippen LogP contribution < -0.4 is 15.8 Å². The Hall–Kier alpha value is -2.30. The second-order valence-corrected chi connectivity index (χ2v) is 5.66. The van der Waals surface area contributed by atoms with Crippen LogP contribution in [0.1, 0.15) is 37.3 Å². The van der Waals surface area contributed by atoms with Gasteiger partial charge in [0, 0.05) is 6.54 Å². The molecule has 1 aromatic heterocycles. The van der Waals surface area contributed by atoms with Crippen molar-refractivity contribution in [1.82, 2.24) is 9.97 Å². The minimum absolute atomic E-state index is 0.260. The first kappa shape index (κ1) is 17.1. The van der Waals surface area contributed by atoms with Crippen LogP contribution in [-0.2, 0) is 6.42 Å². The monoisotopic (exact) mass is 314 g/mol. The average molecular weight is 314 g/mol. The quantitative estimate of drug-likeness (QED) is 0.692. The number of nitrogen functional groups attached to an aromatic ring is 1. The molecule has 0 aliphatic rings. The number of aromatic nitrogens is 2. The zero-order chi connectivity index (χ0) is 16.5. The highest BCUT2D eigenvalue weighted by molar-refractivity contribution is 5.51. The van der Waals surface area contributed by atoms with Crippen molar-refractivity contribution in [3.63, 3.8) is 0 Å². The third-order valence-electron chi connectivity index (χ3n) is 3.58. The maximum absolute atomic E-state index is 5.83. The number of ether oxygens (including phenoxy) is 1. The molecular weight excluding hydrogens is 288 g/mol. The lowest BCUT2D eigenvalue weighted by Gasteiger charge is -2.12. The van der Waals surface area contributed by atoms with E-state index in [0.29, 0.717) is 18.2 Å². The van der Waals surface area contributed by atoms with E-state index in [0.717, 1.165) is 32.2 Å². The molecule has 3 N–H and O–H groups in total. The van der Waals surface area contributed by atoms with E-state index in [2.05, 4.69) is 53.4 Å². The van der Waals surface area contributed by atoms with Crippen LogP contribution in [0.15, 0.2) is 30.5 Å². The molecule has 0 radical (unpaired) electrons. The second kappa shape index (κ2) is 8.98. The van der Waals surface area contributed by atoms with Crippen molar-refractivity contribution in [2.45, 2.75) is 39.5 Å². The normalized spacial score (nSPS) is 10.5. The Bertz CT molecular complexity index is 598. The molecule has 2 rings (SSSR count). The zero-order valence-corrected chi connectivity index (χ0v) is 14.0. The number of hydrogen-bond donors (Lipinski definition) is 2. The molecule has 5 heteroatoms. The van der Waals surface area contributed by atoms with Gasteiger partial charge in [-0.05, 0) is 31.7 Å². The highest BCUT2D eigenvalue weighted by atomic mass is 16.5. The largest absolute Gasteiger partial charge is 0.488 e. The SMILES string of the molecule is CCCCNc1nc(N)ncc1OCCCc1ccc(C)cc1. The van der Waals surface area contributed by atoms with Crippen molar-refractivity contribution in [2.75, 3.05) is 24.2 Å². The molecule has 2 aromatic rings. The fourth-order valence-corrected chi connectivity index (χ4v) is 2.21. The number of benzene rings is 1. The average Bonchev–Trinajstić information content (AvgIpc) is 2.55. The van der Waals surface area contributed by atoms with E-state index in [1.54, 1.807) is 6.20 Å². The Morgan fingerprint density at radius 2 is 1.96 bits per heavy atom. The number of nitrogens with one attached hydrogen (secondary N) is 1. The van der Waals surface area contributed by atoms with Gasteiger partial charge in [-0.25, -0.2) is 4.98 Å². The van der Waals surface area contributed by atoms with Gasteiger partial charge < -0.3 is 15.8 Å². The Kier molecular flexibility index (Phi) is 6.66. The molecule has 0 aliphatic carbocycles. The molecule has 0 saturated carbocycles. The highest BCUT2D eigenvalue weighted by Crippen LogP contribution is 2.22. The first-order valence-corrected chi connectivity index (χ1v) is 8.23. The molecule has 0 spiro atoms.